The fourth-order valence-corrected chi connectivity index (χ4v) is 3.96. The van der Waals surface area contributed by atoms with Crippen molar-refractivity contribution in [2.75, 3.05) is 11.9 Å². The van der Waals surface area contributed by atoms with Crippen LogP contribution in [0.3, 0.4) is 0 Å². The minimum atomic E-state index is -4.08. The molecule has 11 nitrogen and oxygen atoms in total. The molecule has 0 aliphatic heterocycles. The van der Waals surface area contributed by atoms with Gasteiger partial charge in [0.1, 0.15) is 12.1 Å². The summed E-state index contributed by atoms with van der Waals surface area (Å²) < 4.78 is 42.0. The number of benzene rings is 1. The highest BCUT2D eigenvalue weighted by Crippen LogP contribution is 2.36. The molecule has 0 amide bonds. The topological polar surface area (TPSA) is 158 Å². The van der Waals surface area contributed by atoms with Gasteiger partial charge in [-0.2, -0.15) is 8.42 Å². The van der Waals surface area contributed by atoms with E-state index in [0.717, 1.165) is 0 Å². The molecule has 0 saturated heterocycles. The van der Waals surface area contributed by atoms with Crippen LogP contribution in [0.4, 0.5) is 10.2 Å². The second-order valence-corrected chi connectivity index (χ2v) is 8.32. The third kappa shape index (κ3) is 4.38. The van der Waals surface area contributed by atoms with Crippen molar-refractivity contribution < 1.29 is 22.1 Å². The number of rotatable bonds is 7. The minimum absolute atomic E-state index is 0.209. The van der Waals surface area contributed by atoms with Crippen LogP contribution in [0, 0.1) is 11.7 Å². The highest BCUT2D eigenvalue weighted by molar-refractivity contribution is 7.84. The standard InChI is InChI=1S/C17H20FN7O4S/c18-13-4-2-1-3-10(13)7-20-16-15-17(22-9-21-16)25(24-23-15)12-5-11(14(26)6-12)8-29-30(19,27)28/h1-4,9,11-12,14,26H,5-8H2,(H2,19,27,28)(H,20,21,22). The molecule has 1 aliphatic rings. The van der Waals surface area contributed by atoms with Crippen LogP contribution in [0.1, 0.15) is 24.4 Å². The first-order valence-electron chi connectivity index (χ1n) is 9.20. The fraction of sp³-hybridized carbons (Fsp3) is 0.412. The molecule has 30 heavy (non-hydrogen) atoms. The number of fused-ring (bicyclic) bond motifs is 1. The average Bonchev–Trinajstić information content (AvgIpc) is 3.29. The van der Waals surface area contributed by atoms with Crippen LogP contribution in [0.2, 0.25) is 0 Å². The van der Waals surface area contributed by atoms with Gasteiger partial charge < -0.3 is 10.4 Å². The second-order valence-electron chi connectivity index (χ2n) is 7.10. The highest BCUT2D eigenvalue weighted by Gasteiger charge is 2.36. The maximum atomic E-state index is 13.8. The molecule has 3 unspecified atom stereocenters. The van der Waals surface area contributed by atoms with Gasteiger partial charge in [0, 0.05) is 18.0 Å². The van der Waals surface area contributed by atoms with E-state index in [1.54, 1.807) is 22.9 Å². The molecule has 160 valence electrons. The Morgan fingerprint density at radius 2 is 2.10 bits per heavy atom. The lowest BCUT2D eigenvalue weighted by Crippen LogP contribution is -2.24. The first-order chi connectivity index (χ1) is 14.3. The van der Waals surface area contributed by atoms with Gasteiger partial charge in [-0.3, -0.25) is 4.18 Å². The number of nitrogens with two attached hydrogens (primary N) is 1. The summed E-state index contributed by atoms with van der Waals surface area (Å²) in [5.74, 6) is -0.345. The molecule has 0 radical (unpaired) electrons. The Kier molecular flexibility index (Phi) is 5.60. The molecule has 4 rings (SSSR count). The van der Waals surface area contributed by atoms with Gasteiger partial charge in [-0.15, -0.1) is 5.10 Å². The van der Waals surface area contributed by atoms with Crippen LogP contribution in [0.25, 0.3) is 11.2 Å². The Morgan fingerprint density at radius 1 is 1.30 bits per heavy atom. The summed E-state index contributed by atoms with van der Waals surface area (Å²) in [6.07, 6.45) is 1.31. The first kappa shape index (κ1) is 20.5. The van der Waals surface area contributed by atoms with Crippen LogP contribution in [0.5, 0.6) is 0 Å². The lowest BCUT2D eigenvalue weighted by atomic mass is 10.1. The molecule has 2 aromatic heterocycles. The van der Waals surface area contributed by atoms with E-state index in [2.05, 4.69) is 29.8 Å². The lowest BCUT2D eigenvalue weighted by molar-refractivity contribution is 0.100. The molecular formula is C17H20FN7O4S. The van der Waals surface area contributed by atoms with Crippen molar-refractivity contribution >= 4 is 27.3 Å². The Balaban J connectivity index is 1.51. The van der Waals surface area contributed by atoms with E-state index in [-0.39, 0.29) is 25.0 Å². The minimum Gasteiger partial charge on any atom is -0.393 e. The van der Waals surface area contributed by atoms with Crippen LogP contribution < -0.4 is 10.5 Å². The van der Waals surface area contributed by atoms with Crippen molar-refractivity contribution in [2.24, 2.45) is 11.1 Å². The molecule has 1 aromatic carbocycles. The highest BCUT2D eigenvalue weighted by atomic mass is 32.2. The van der Waals surface area contributed by atoms with E-state index in [9.17, 15) is 17.9 Å². The van der Waals surface area contributed by atoms with Gasteiger partial charge in [-0.25, -0.2) is 24.2 Å². The number of nitrogens with one attached hydrogen (secondary N) is 1. The number of hydrogen-bond donors (Lipinski definition) is 3. The summed E-state index contributed by atoms with van der Waals surface area (Å²) in [5, 5.41) is 26.4. The number of nitrogens with zero attached hydrogens (tertiary/aromatic N) is 5. The summed E-state index contributed by atoms with van der Waals surface area (Å²) in [4.78, 5) is 8.41. The molecule has 2 heterocycles. The lowest BCUT2D eigenvalue weighted by Gasteiger charge is -2.12. The van der Waals surface area contributed by atoms with Gasteiger partial charge in [0.15, 0.2) is 17.0 Å². The molecule has 3 aromatic rings. The SMILES string of the molecule is NS(=O)(=O)OCC1CC(n2nnc3c(NCc4ccccc4F)ncnc32)CC1O. The average molecular weight is 437 g/mol. The summed E-state index contributed by atoms with van der Waals surface area (Å²) in [6.45, 7) is -0.00563. The Hall–Kier alpha value is -2.74. The third-order valence-corrected chi connectivity index (χ3v) is 5.55. The van der Waals surface area contributed by atoms with Crippen molar-refractivity contribution in [3.05, 3.63) is 42.0 Å². The molecule has 1 fully saturated rings. The first-order valence-corrected chi connectivity index (χ1v) is 10.7. The predicted molar refractivity (Wildman–Crippen MR) is 104 cm³/mol. The summed E-state index contributed by atoms with van der Waals surface area (Å²) in [7, 11) is -4.08. The van der Waals surface area contributed by atoms with E-state index in [1.807, 2.05) is 0 Å². The molecule has 1 saturated carbocycles. The molecule has 1 aliphatic carbocycles. The van der Waals surface area contributed by atoms with Gasteiger partial charge in [0.25, 0.3) is 0 Å². The normalized spacial score (nSPS) is 21.9. The number of aromatic nitrogens is 5. The zero-order chi connectivity index (χ0) is 21.3. The van der Waals surface area contributed by atoms with Crippen LogP contribution >= 0.6 is 0 Å². The van der Waals surface area contributed by atoms with E-state index < -0.39 is 22.3 Å². The van der Waals surface area contributed by atoms with Crippen LogP contribution in [-0.4, -0.2) is 51.2 Å². The van der Waals surface area contributed by atoms with E-state index >= 15 is 0 Å². The number of anilines is 1. The zero-order valence-electron chi connectivity index (χ0n) is 15.7. The molecule has 0 bridgehead atoms. The van der Waals surface area contributed by atoms with Crippen molar-refractivity contribution in [1.29, 1.82) is 0 Å². The number of aliphatic hydroxyl groups is 1. The number of aliphatic hydroxyl groups excluding tert-OH is 1. The summed E-state index contributed by atoms with van der Waals surface area (Å²) in [5.41, 5.74) is 1.34. The third-order valence-electron chi connectivity index (χ3n) is 5.09. The van der Waals surface area contributed by atoms with Crippen LogP contribution in [0.15, 0.2) is 30.6 Å². The second kappa shape index (κ2) is 8.18. The van der Waals surface area contributed by atoms with Gasteiger partial charge in [-0.05, 0) is 18.9 Å². The van der Waals surface area contributed by atoms with Crippen molar-refractivity contribution in [1.82, 2.24) is 25.0 Å². The largest absolute Gasteiger partial charge is 0.393 e. The summed E-state index contributed by atoms with van der Waals surface area (Å²) in [6, 6.07) is 6.15. The van der Waals surface area contributed by atoms with E-state index in [4.69, 9.17) is 5.14 Å². The van der Waals surface area contributed by atoms with E-state index in [0.29, 0.717) is 35.4 Å². The van der Waals surface area contributed by atoms with Crippen LogP contribution in [-0.2, 0) is 21.0 Å². The molecule has 0 spiro atoms. The number of hydrogen-bond acceptors (Lipinski definition) is 9. The van der Waals surface area contributed by atoms with E-state index in [1.165, 1.54) is 12.4 Å². The van der Waals surface area contributed by atoms with Gasteiger partial charge in [-0.1, -0.05) is 23.4 Å². The maximum Gasteiger partial charge on any atom is 0.333 e. The number of halogens is 1. The predicted octanol–water partition coefficient (Wildman–Crippen LogP) is 0.505. The maximum absolute atomic E-state index is 13.8. The smallest absolute Gasteiger partial charge is 0.333 e. The van der Waals surface area contributed by atoms with Crippen molar-refractivity contribution in [2.45, 2.75) is 31.5 Å². The fourth-order valence-electron chi connectivity index (χ4n) is 3.60. The van der Waals surface area contributed by atoms with Gasteiger partial charge in [0.2, 0.25) is 0 Å². The van der Waals surface area contributed by atoms with Gasteiger partial charge in [0.05, 0.1) is 18.8 Å². The Labute approximate surface area is 171 Å². The Bertz CT molecular complexity index is 1160. The summed E-state index contributed by atoms with van der Waals surface area (Å²) >= 11 is 0. The van der Waals surface area contributed by atoms with Gasteiger partial charge >= 0.3 is 10.3 Å². The quantitative estimate of drug-likeness (QED) is 0.478. The molecule has 3 atom stereocenters. The van der Waals surface area contributed by atoms with Crippen molar-refractivity contribution in [3.63, 3.8) is 0 Å². The molecule has 13 heteroatoms. The molecule has 4 N–H and O–H groups in total. The molecular weight excluding hydrogens is 417 g/mol. The monoisotopic (exact) mass is 437 g/mol. The van der Waals surface area contributed by atoms with Crippen molar-refractivity contribution in [3.8, 4) is 0 Å². The zero-order valence-corrected chi connectivity index (χ0v) is 16.5. The Morgan fingerprint density at radius 3 is 2.87 bits per heavy atom.